The van der Waals surface area contributed by atoms with Crippen LogP contribution in [0.2, 0.25) is 0 Å². The van der Waals surface area contributed by atoms with E-state index in [4.69, 9.17) is 0 Å². The van der Waals surface area contributed by atoms with Crippen LogP contribution < -0.4 is 0 Å². The van der Waals surface area contributed by atoms with Gasteiger partial charge in [-0.05, 0) is 102 Å². The van der Waals surface area contributed by atoms with Crippen LogP contribution in [-0.4, -0.2) is 42.3 Å². The highest BCUT2D eigenvalue weighted by Gasteiger charge is 2.52. The first-order valence-electron chi connectivity index (χ1n) is 13.8. The lowest BCUT2D eigenvalue weighted by atomic mass is 9.87. The molecule has 2 saturated carbocycles. The smallest absolute Gasteiger partial charge is 0.335 e. The SMILES string of the molecule is O=C(O)c1ccc2c(c1)CCCC([C@@H]1[C@@H]3CCCC[C@@H]31)=C2c1ccc(C=C2CN(CCCF)C2)cc1. The zero-order chi connectivity index (χ0) is 24.6. The van der Waals surface area contributed by atoms with Crippen LogP contribution in [0.1, 0.15) is 77.6 Å². The lowest BCUT2D eigenvalue weighted by molar-refractivity contribution is 0.0696. The predicted octanol–water partition coefficient (Wildman–Crippen LogP) is 7.02. The van der Waals surface area contributed by atoms with E-state index in [-0.39, 0.29) is 6.67 Å². The summed E-state index contributed by atoms with van der Waals surface area (Å²) in [4.78, 5) is 14.0. The number of allylic oxidation sites excluding steroid dienone is 1. The van der Waals surface area contributed by atoms with Gasteiger partial charge in [0.25, 0.3) is 0 Å². The van der Waals surface area contributed by atoms with Gasteiger partial charge < -0.3 is 5.11 Å². The number of carboxylic acid groups (broad SMARTS) is 1. The van der Waals surface area contributed by atoms with Gasteiger partial charge in [0.05, 0.1) is 12.2 Å². The van der Waals surface area contributed by atoms with E-state index in [1.807, 2.05) is 6.07 Å². The van der Waals surface area contributed by atoms with Crippen molar-refractivity contribution in [2.45, 2.75) is 51.4 Å². The molecule has 2 aromatic rings. The molecule has 1 aliphatic heterocycles. The molecule has 0 unspecified atom stereocenters. The second-order valence-electron chi connectivity index (χ2n) is 11.2. The van der Waals surface area contributed by atoms with Gasteiger partial charge in [0.1, 0.15) is 0 Å². The maximum absolute atomic E-state index is 12.4. The van der Waals surface area contributed by atoms with Crippen LogP contribution in [0.15, 0.2) is 53.6 Å². The van der Waals surface area contributed by atoms with E-state index in [9.17, 15) is 14.3 Å². The van der Waals surface area contributed by atoms with Crippen molar-refractivity contribution in [2.24, 2.45) is 17.8 Å². The van der Waals surface area contributed by atoms with Gasteiger partial charge in [-0.1, -0.05) is 54.8 Å². The Morgan fingerprint density at radius 3 is 2.44 bits per heavy atom. The molecule has 2 aromatic carbocycles. The molecular weight excluding hydrogens is 449 g/mol. The standard InChI is InChI=1S/C32H36FNO2/c33-15-4-16-34-19-22(20-34)17-21-9-11-23(12-10-21)30-26-14-13-25(32(35)36)18-24(26)5-3-8-29(30)31-27-6-1-2-7-28(27)31/h9-14,17-18,27-28,31H,1-8,15-16,19-20H2,(H,35,36)/t27-,28+,31-. The van der Waals surface area contributed by atoms with Gasteiger partial charge in [-0.3, -0.25) is 9.29 Å². The van der Waals surface area contributed by atoms with Crippen LogP contribution in [0.3, 0.4) is 0 Å². The number of carbonyl (C=O) groups is 1. The van der Waals surface area contributed by atoms with Gasteiger partial charge in [0.2, 0.25) is 0 Å². The molecular formula is C32H36FNO2. The van der Waals surface area contributed by atoms with Crippen molar-refractivity contribution in [3.8, 4) is 0 Å². The number of benzene rings is 2. The summed E-state index contributed by atoms with van der Waals surface area (Å²) in [5, 5.41) is 9.58. The van der Waals surface area contributed by atoms with Gasteiger partial charge in [-0.25, -0.2) is 4.79 Å². The van der Waals surface area contributed by atoms with Crippen molar-refractivity contribution in [3.05, 3.63) is 81.4 Å². The summed E-state index contributed by atoms with van der Waals surface area (Å²) in [6.07, 6.45) is 11.5. The predicted molar refractivity (Wildman–Crippen MR) is 143 cm³/mol. The molecule has 188 valence electrons. The second-order valence-corrected chi connectivity index (χ2v) is 11.2. The zero-order valence-electron chi connectivity index (χ0n) is 21.0. The third-order valence-electron chi connectivity index (χ3n) is 8.93. The Labute approximate surface area is 213 Å². The molecule has 3 nitrogen and oxygen atoms in total. The van der Waals surface area contributed by atoms with Crippen molar-refractivity contribution in [3.63, 3.8) is 0 Å². The fourth-order valence-corrected chi connectivity index (χ4v) is 7.17. The minimum atomic E-state index is -0.849. The van der Waals surface area contributed by atoms with Crippen molar-refractivity contribution in [2.75, 3.05) is 26.3 Å². The Bertz CT molecular complexity index is 1190. The Hall–Kier alpha value is -2.72. The highest BCUT2D eigenvalue weighted by molar-refractivity contribution is 5.91. The number of alkyl halides is 1. The monoisotopic (exact) mass is 485 g/mol. The van der Waals surface area contributed by atoms with Crippen LogP contribution in [-0.2, 0) is 6.42 Å². The molecule has 0 bridgehead atoms. The Morgan fingerprint density at radius 2 is 1.75 bits per heavy atom. The number of hydrogen-bond donors (Lipinski definition) is 1. The van der Waals surface area contributed by atoms with Gasteiger partial charge in [-0.2, -0.15) is 0 Å². The molecule has 0 spiro atoms. The summed E-state index contributed by atoms with van der Waals surface area (Å²) in [5.41, 5.74) is 9.70. The fourth-order valence-electron chi connectivity index (χ4n) is 7.17. The number of rotatable bonds is 7. The average Bonchev–Trinajstić information content (AvgIpc) is 3.62. The lowest BCUT2D eigenvalue weighted by Crippen LogP contribution is -2.40. The van der Waals surface area contributed by atoms with E-state index < -0.39 is 5.97 Å². The number of halogens is 1. The summed E-state index contributed by atoms with van der Waals surface area (Å²) in [6, 6.07) is 14.8. The Balaban J connectivity index is 1.33. The highest BCUT2D eigenvalue weighted by Crippen LogP contribution is 2.61. The van der Waals surface area contributed by atoms with Crippen LogP contribution >= 0.6 is 0 Å². The topological polar surface area (TPSA) is 40.5 Å². The maximum Gasteiger partial charge on any atom is 0.335 e. The number of fused-ring (bicyclic) bond motifs is 2. The van der Waals surface area contributed by atoms with Crippen molar-refractivity contribution in [1.29, 1.82) is 0 Å². The van der Waals surface area contributed by atoms with E-state index in [1.165, 1.54) is 59.1 Å². The minimum Gasteiger partial charge on any atom is -0.478 e. The molecule has 3 fully saturated rings. The molecule has 36 heavy (non-hydrogen) atoms. The third kappa shape index (κ3) is 4.56. The molecule has 0 amide bonds. The lowest BCUT2D eigenvalue weighted by Gasteiger charge is -2.33. The van der Waals surface area contributed by atoms with Gasteiger partial charge >= 0.3 is 5.97 Å². The van der Waals surface area contributed by atoms with E-state index >= 15 is 0 Å². The van der Waals surface area contributed by atoms with Gasteiger partial charge in [-0.15, -0.1) is 0 Å². The number of hydrogen-bond acceptors (Lipinski definition) is 2. The molecule has 1 heterocycles. The first-order chi connectivity index (χ1) is 17.6. The van der Waals surface area contributed by atoms with E-state index in [0.717, 1.165) is 50.7 Å². The molecule has 0 radical (unpaired) electrons. The minimum absolute atomic E-state index is 0.238. The van der Waals surface area contributed by atoms with Gasteiger partial charge in [0, 0.05) is 19.6 Å². The van der Waals surface area contributed by atoms with Crippen molar-refractivity contribution >= 4 is 17.6 Å². The first-order valence-corrected chi connectivity index (χ1v) is 13.8. The summed E-state index contributed by atoms with van der Waals surface area (Å²) < 4.78 is 12.4. The number of likely N-dealkylation sites (tertiary alicyclic amines) is 1. The quantitative estimate of drug-likeness (QED) is 0.458. The number of carboxylic acids is 1. The van der Waals surface area contributed by atoms with E-state index in [0.29, 0.717) is 17.9 Å². The van der Waals surface area contributed by atoms with E-state index in [2.05, 4.69) is 41.3 Å². The van der Waals surface area contributed by atoms with Crippen LogP contribution in [0.25, 0.3) is 11.6 Å². The largest absolute Gasteiger partial charge is 0.478 e. The summed E-state index contributed by atoms with van der Waals surface area (Å²) >= 11 is 0. The van der Waals surface area contributed by atoms with Crippen LogP contribution in [0, 0.1) is 17.8 Å². The average molecular weight is 486 g/mol. The molecule has 6 rings (SSSR count). The number of aryl methyl sites for hydroxylation is 1. The van der Waals surface area contributed by atoms with E-state index in [1.54, 1.807) is 11.6 Å². The molecule has 3 atom stereocenters. The van der Waals surface area contributed by atoms with Gasteiger partial charge in [0.15, 0.2) is 0 Å². The third-order valence-corrected chi connectivity index (χ3v) is 8.93. The zero-order valence-corrected chi connectivity index (χ0v) is 21.0. The molecule has 1 saturated heterocycles. The number of nitrogens with zero attached hydrogens (tertiary/aromatic N) is 1. The summed E-state index contributed by atoms with van der Waals surface area (Å²) in [6.45, 7) is 2.50. The molecule has 3 aliphatic carbocycles. The highest BCUT2D eigenvalue weighted by atomic mass is 19.1. The van der Waals surface area contributed by atoms with Crippen LogP contribution in [0.5, 0.6) is 0 Å². The Morgan fingerprint density at radius 1 is 1.00 bits per heavy atom. The van der Waals surface area contributed by atoms with Crippen molar-refractivity contribution in [1.82, 2.24) is 4.90 Å². The Kier molecular flexibility index (Phi) is 6.55. The summed E-state index contributed by atoms with van der Waals surface area (Å²) in [7, 11) is 0. The normalized spacial score (nSPS) is 25.5. The molecule has 0 aromatic heterocycles. The summed E-state index contributed by atoms with van der Waals surface area (Å²) in [5.74, 6) is 1.57. The fraction of sp³-hybridized carbons (Fsp3) is 0.469. The van der Waals surface area contributed by atoms with Crippen LogP contribution in [0.4, 0.5) is 4.39 Å². The molecule has 4 heteroatoms. The molecule has 4 aliphatic rings. The number of aromatic carboxylic acids is 1. The second kappa shape index (κ2) is 9.97. The molecule has 1 N–H and O–H groups in total. The first kappa shape index (κ1) is 23.7. The maximum atomic E-state index is 12.4. The van der Waals surface area contributed by atoms with Crippen molar-refractivity contribution < 1.29 is 14.3 Å².